The Balaban J connectivity index is 1.52. The summed E-state index contributed by atoms with van der Waals surface area (Å²) in [6.07, 6.45) is 0.886. The van der Waals surface area contributed by atoms with Gasteiger partial charge in [0.1, 0.15) is 18.5 Å². The summed E-state index contributed by atoms with van der Waals surface area (Å²) in [5.74, 6) is -2.90. The summed E-state index contributed by atoms with van der Waals surface area (Å²) < 4.78 is 38.6. The molecule has 2 aliphatic rings. The maximum atomic E-state index is 13.5. The van der Waals surface area contributed by atoms with Gasteiger partial charge in [0, 0.05) is 25.3 Å². The predicted molar refractivity (Wildman–Crippen MR) is 119 cm³/mol. The van der Waals surface area contributed by atoms with E-state index in [9.17, 15) is 23.2 Å². The molecule has 0 unspecified atom stereocenters. The number of nitrogens with one attached hydrogen (secondary N) is 2. The summed E-state index contributed by atoms with van der Waals surface area (Å²) in [4.78, 5) is 39.0. The van der Waals surface area contributed by atoms with Gasteiger partial charge in [-0.05, 0) is 49.2 Å². The largest absolute Gasteiger partial charge is 0.490 e. The van der Waals surface area contributed by atoms with Crippen LogP contribution in [-0.4, -0.2) is 61.6 Å². The van der Waals surface area contributed by atoms with Gasteiger partial charge < -0.3 is 25.0 Å². The van der Waals surface area contributed by atoms with Crippen LogP contribution in [0.15, 0.2) is 36.4 Å². The molecule has 8 nitrogen and oxygen atoms in total. The Hall–Kier alpha value is -3.53. The molecule has 10 heteroatoms. The average molecular weight is 473 g/mol. The quantitative estimate of drug-likeness (QED) is 0.712. The number of carbonyl (C=O) groups excluding carboxylic acids is 3. The second kappa shape index (κ2) is 9.76. The summed E-state index contributed by atoms with van der Waals surface area (Å²) in [5.41, 5.74) is 0.511. The lowest BCUT2D eigenvalue weighted by Gasteiger charge is -2.42. The molecule has 2 heterocycles. The molecule has 0 radical (unpaired) electrons. The molecule has 180 valence electrons. The first-order valence-corrected chi connectivity index (χ1v) is 10.9. The van der Waals surface area contributed by atoms with Gasteiger partial charge in [-0.15, -0.1) is 0 Å². The lowest BCUT2D eigenvalue weighted by molar-refractivity contribution is -0.133. The van der Waals surface area contributed by atoms with Crippen molar-refractivity contribution in [2.45, 2.75) is 37.5 Å². The van der Waals surface area contributed by atoms with E-state index in [-0.39, 0.29) is 48.1 Å². The number of halogens is 2. The van der Waals surface area contributed by atoms with Crippen LogP contribution in [0.1, 0.15) is 40.0 Å². The highest BCUT2D eigenvalue weighted by Crippen LogP contribution is 2.32. The summed E-state index contributed by atoms with van der Waals surface area (Å²) in [6, 6.07) is 7.22. The third kappa shape index (κ3) is 4.86. The minimum atomic E-state index is -1.13. The van der Waals surface area contributed by atoms with Crippen LogP contribution >= 0.6 is 0 Å². The van der Waals surface area contributed by atoms with Gasteiger partial charge in [-0.1, -0.05) is 0 Å². The highest BCUT2D eigenvalue weighted by atomic mass is 19.2. The number of benzene rings is 2. The number of hydrogen-bond donors (Lipinski definition) is 2. The molecule has 2 N–H and O–H groups in total. The van der Waals surface area contributed by atoms with E-state index in [4.69, 9.17) is 9.47 Å². The number of fused-ring (bicyclic) bond motifs is 2. The Morgan fingerprint density at radius 2 is 1.91 bits per heavy atom. The molecule has 2 aliphatic heterocycles. The van der Waals surface area contributed by atoms with Crippen molar-refractivity contribution >= 4 is 23.4 Å². The molecule has 0 aliphatic carbocycles. The van der Waals surface area contributed by atoms with E-state index < -0.39 is 23.6 Å². The first kappa shape index (κ1) is 23.6. The van der Waals surface area contributed by atoms with Gasteiger partial charge in [0.15, 0.2) is 11.6 Å². The van der Waals surface area contributed by atoms with Crippen LogP contribution in [0.4, 0.5) is 14.5 Å². The maximum absolute atomic E-state index is 13.5. The molecule has 3 amide bonds. The van der Waals surface area contributed by atoms with Crippen molar-refractivity contribution in [2.24, 2.45) is 0 Å². The summed E-state index contributed by atoms with van der Waals surface area (Å²) >= 11 is 0. The standard InChI is InChI=1S/C24H25F2N3O5/c1-27-22(30)11-15-5-7-19-21(34-15)12-33-20-8-4-14(10-16(20)24(32)29(19)2)28-23(31)13-3-6-17(25)18(26)9-13/h3-4,6,8-10,15,19,21H,5,7,11-12H2,1-2H3,(H,27,30)(H,28,31)/t15-,19+,21-/m0/s1. The van der Waals surface area contributed by atoms with Crippen LogP contribution in [0.2, 0.25) is 0 Å². The van der Waals surface area contributed by atoms with Crippen LogP contribution < -0.4 is 15.4 Å². The molecule has 0 spiro atoms. The van der Waals surface area contributed by atoms with Crippen LogP contribution in [0, 0.1) is 11.6 Å². The zero-order valence-corrected chi connectivity index (χ0v) is 18.8. The first-order chi connectivity index (χ1) is 16.3. The minimum absolute atomic E-state index is 0.0566. The molecule has 1 saturated heterocycles. The first-order valence-electron chi connectivity index (χ1n) is 10.9. The fraction of sp³-hybridized carbons (Fsp3) is 0.375. The van der Waals surface area contributed by atoms with Crippen LogP contribution in [0.3, 0.4) is 0 Å². The highest BCUT2D eigenvalue weighted by Gasteiger charge is 2.39. The van der Waals surface area contributed by atoms with Crippen molar-refractivity contribution in [3.63, 3.8) is 0 Å². The zero-order chi connectivity index (χ0) is 24.4. The van der Waals surface area contributed by atoms with E-state index in [1.54, 1.807) is 31.1 Å². The second-order valence-corrected chi connectivity index (χ2v) is 8.34. The number of anilines is 1. The van der Waals surface area contributed by atoms with Crippen LogP contribution in [0.5, 0.6) is 5.75 Å². The molecule has 3 atom stereocenters. The molecular formula is C24H25F2N3O5. The van der Waals surface area contributed by atoms with Crippen molar-refractivity contribution < 1.29 is 32.6 Å². The van der Waals surface area contributed by atoms with Gasteiger partial charge in [-0.3, -0.25) is 14.4 Å². The van der Waals surface area contributed by atoms with Crippen molar-refractivity contribution in [2.75, 3.05) is 26.0 Å². The maximum Gasteiger partial charge on any atom is 0.257 e. The number of carbonyl (C=O) groups is 3. The molecule has 4 rings (SSSR count). The Kier molecular flexibility index (Phi) is 6.78. The van der Waals surface area contributed by atoms with Gasteiger partial charge in [0.2, 0.25) is 5.91 Å². The number of nitrogens with zero attached hydrogens (tertiary/aromatic N) is 1. The smallest absolute Gasteiger partial charge is 0.257 e. The van der Waals surface area contributed by atoms with Crippen LogP contribution in [0.25, 0.3) is 0 Å². The van der Waals surface area contributed by atoms with E-state index in [1.807, 2.05) is 0 Å². The average Bonchev–Trinajstić information content (AvgIpc) is 2.83. The number of rotatable bonds is 4. The van der Waals surface area contributed by atoms with Gasteiger partial charge in [-0.2, -0.15) is 0 Å². The van der Waals surface area contributed by atoms with Gasteiger partial charge in [0.25, 0.3) is 11.8 Å². The third-order valence-corrected chi connectivity index (χ3v) is 6.14. The zero-order valence-electron chi connectivity index (χ0n) is 18.8. The van der Waals surface area contributed by atoms with E-state index in [0.29, 0.717) is 24.3 Å². The van der Waals surface area contributed by atoms with E-state index in [2.05, 4.69) is 10.6 Å². The molecule has 0 bridgehead atoms. The lowest BCUT2D eigenvalue weighted by atomic mass is 9.94. The Morgan fingerprint density at radius 3 is 2.65 bits per heavy atom. The summed E-state index contributed by atoms with van der Waals surface area (Å²) in [5, 5.41) is 5.19. The monoisotopic (exact) mass is 473 g/mol. The summed E-state index contributed by atoms with van der Waals surface area (Å²) in [6.45, 7) is 0.195. The van der Waals surface area contributed by atoms with Crippen molar-refractivity contribution in [3.05, 3.63) is 59.2 Å². The van der Waals surface area contributed by atoms with Gasteiger partial charge in [0.05, 0.1) is 24.1 Å². The molecular weight excluding hydrogens is 448 g/mol. The number of likely N-dealkylation sites (N-methyl/N-ethyl adjacent to an activating group) is 1. The SMILES string of the molecule is CNC(=O)C[C@@H]1CC[C@@H]2[C@H](COc3ccc(NC(=O)c4ccc(F)c(F)c4)cc3C(=O)N2C)O1. The van der Waals surface area contributed by atoms with E-state index in [0.717, 1.165) is 12.1 Å². The third-order valence-electron chi connectivity index (χ3n) is 6.14. The van der Waals surface area contributed by atoms with Crippen molar-refractivity contribution in [3.8, 4) is 5.75 Å². The fourth-order valence-electron chi connectivity index (χ4n) is 4.25. The Morgan fingerprint density at radius 1 is 1.12 bits per heavy atom. The lowest BCUT2D eigenvalue weighted by Crippen LogP contribution is -2.53. The van der Waals surface area contributed by atoms with E-state index in [1.165, 1.54) is 12.1 Å². The normalized spacial score (nSPS) is 21.9. The second-order valence-electron chi connectivity index (χ2n) is 8.34. The van der Waals surface area contributed by atoms with Crippen LogP contribution in [-0.2, 0) is 9.53 Å². The number of amides is 3. The predicted octanol–water partition coefficient (Wildman–Crippen LogP) is 2.73. The molecule has 2 aromatic carbocycles. The van der Waals surface area contributed by atoms with Gasteiger partial charge >= 0.3 is 0 Å². The van der Waals surface area contributed by atoms with Gasteiger partial charge in [-0.25, -0.2) is 8.78 Å². The Bertz CT molecular complexity index is 1130. The minimum Gasteiger partial charge on any atom is -0.490 e. The molecule has 0 aromatic heterocycles. The summed E-state index contributed by atoms with van der Waals surface area (Å²) in [7, 11) is 3.26. The topological polar surface area (TPSA) is 97.0 Å². The molecule has 34 heavy (non-hydrogen) atoms. The highest BCUT2D eigenvalue weighted by molar-refractivity contribution is 6.05. The number of ether oxygens (including phenoxy) is 2. The molecule has 0 saturated carbocycles. The fourth-order valence-corrected chi connectivity index (χ4v) is 4.25. The van der Waals surface area contributed by atoms with Crippen molar-refractivity contribution in [1.82, 2.24) is 10.2 Å². The van der Waals surface area contributed by atoms with Crippen molar-refractivity contribution in [1.29, 1.82) is 0 Å². The van der Waals surface area contributed by atoms with E-state index >= 15 is 0 Å². The number of hydrogen-bond acceptors (Lipinski definition) is 5. The Labute approximate surface area is 195 Å². The molecule has 1 fully saturated rings. The molecule has 2 aromatic rings.